The zero-order chi connectivity index (χ0) is 17.9. The number of ether oxygens (including phenoxy) is 1. The molecule has 0 saturated heterocycles. The second kappa shape index (κ2) is 18.5. The number of carbonyl (C=O) groups excluding carboxylic acids is 1. The maximum absolute atomic E-state index is 11.3. The van der Waals surface area contributed by atoms with Gasteiger partial charge < -0.3 is 4.74 Å². The number of hydrogen-bond acceptors (Lipinski definition) is 2. The second-order valence-corrected chi connectivity index (χ2v) is 7.08. The van der Waals surface area contributed by atoms with Crippen LogP contribution in [0.25, 0.3) is 0 Å². The first-order chi connectivity index (χ1) is 11.7. The first kappa shape index (κ1) is 23.2. The van der Waals surface area contributed by atoms with Crippen molar-refractivity contribution in [3.8, 4) is 0 Å². The summed E-state index contributed by atoms with van der Waals surface area (Å²) in [6.07, 6.45) is 22.2. The zero-order valence-corrected chi connectivity index (χ0v) is 16.7. The summed E-state index contributed by atoms with van der Waals surface area (Å²) < 4.78 is 5.27. The summed E-state index contributed by atoms with van der Waals surface area (Å²) >= 11 is 0. The molecule has 0 aromatic carbocycles. The van der Waals surface area contributed by atoms with Gasteiger partial charge in [-0.2, -0.15) is 0 Å². The molecule has 0 saturated carbocycles. The van der Waals surface area contributed by atoms with Crippen molar-refractivity contribution in [3.05, 3.63) is 12.2 Å². The summed E-state index contributed by atoms with van der Waals surface area (Å²) in [5.74, 6) is 0.327. The van der Waals surface area contributed by atoms with E-state index in [0.717, 1.165) is 6.42 Å². The minimum absolute atomic E-state index is 0.203. The van der Waals surface area contributed by atoms with E-state index in [1.54, 1.807) is 6.08 Å². The fourth-order valence-corrected chi connectivity index (χ4v) is 3.06. The van der Waals surface area contributed by atoms with E-state index in [4.69, 9.17) is 4.74 Å². The summed E-state index contributed by atoms with van der Waals surface area (Å²) in [5, 5.41) is 0. The Morgan fingerprint density at radius 2 is 1.33 bits per heavy atom. The number of unbranched alkanes of at least 4 members (excludes halogenated alkanes) is 11. The van der Waals surface area contributed by atoms with Crippen LogP contribution in [0.3, 0.4) is 0 Å². The van der Waals surface area contributed by atoms with Crippen molar-refractivity contribution in [2.45, 2.75) is 111 Å². The Bertz CT molecular complexity index is 296. The summed E-state index contributed by atoms with van der Waals surface area (Å²) in [5.41, 5.74) is 0. The van der Waals surface area contributed by atoms with Gasteiger partial charge in [0, 0.05) is 6.08 Å². The Labute approximate surface area is 151 Å². The molecule has 0 aliphatic rings. The Morgan fingerprint density at radius 1 is 0.833 bits per heavy atom. The Morgan fingerprint density at radius 3 is 1.79 bits per heavy atom. The van der Waals surface area contributed by atoms with Crippen molar-refractivity contribution < 1.29 is 9.53 Å². The topological polar surface area (TPSA) is 26.3 Å². The van der Waals surface area contributed by atoms with Gasteiger partial charge in [0.1, 0.15) is 0 Å². The van der Waals surface area contributed by atoms with Crippen molar-refractivity contribution in [3.63, 3.8) is 0 Å². The standard InChI is InChI=1S/C22H42O2/c1-4-7-8-9-10-11-12-13-14-15-16-17-19-21(6-3)20-24-22(23)18-5-2/h5,18,21H,4,6-17,19-20H2,1-3H3. The molecule has 0 rings (SSSR count). The molecular weight excluding hydrogens is 296 g/mol. The third kappa shape index (κ3) is 16.1. The van der Waals surface area contributed by atoms with Crippen LogP contribution in [0, 0.1) is 5.92 Å². The third-order valence-electron chi connectivity index (χ3n) is 4.81. The Kier molecular flexibility index (Phi) is 17.9. The van der Waals surface area contributed by atoms with Gasteiger partial charge in [0.25, 0.3) is 0 Å². The quantitative estimate of drug-likeness (QED) is 0.159. The van der Waals surface area contributed by atoms with E-state index in [0.29, 0.717) is 12.5 Å². The summed E-state index contributed by atoms with van der Waals surface area (Å²) in [4.78, 5) is 11.3. The molecule has 2 nitrogen and oxygen atoms in total. The molecule has 0 aliphatic heterocycles. The van der Waals surface area contributed by atoms with E-state index in [9.17, 15) is 4.79 Å². The molecular formula is C22H42O2. The largest absolute Gasteiger partial charge is 0.462 e. The molecule has 0 aliphatic carbocycles. The van der Waals surface area contributed by atoms with Crippen LogP contribution < -0.4 is 0 Å². The minimum atomic E-state index is -0.203. The predicted molar refractivity (Wildman–Crippen MR) is 105 cm³/mol. The number of rotatable bonds is 17. The number of allylic oxidation sites excluding steroid dienone is 1. The van der Waals surface area contributed by atoms with E-state index in [1.807, 2.05) is 6.92 Å². The lowest BCUT2D eigenvalue weighted by Crippen LogP contribution is -2.12. The Balaban J connectivity index is 3.36. The van der Waals surface area contributed by atoms with Crippen LogP contribution in [0.4, 0.5) is 0 Å². The van der Waals surface area contributed by atoms with Crippen LogP contribution in [0.2, 0.25) is 0 Å². The fraction of sp³-hybridized carbons (Fsp3) is 0.864. The molecule has 0 aromatic rings. The smallest absolute Gasteiger partial charge is 0.330 e. The first-order valence-electron chi connectivity index (χ1n) is 10.5. The van der Waals surface area contributed by atoms with Crippen LogP contribution in [-0.2, 0) is 9.53 Å². The number of hydrogen-bond donors (Lipinski definition) is 0. The maximum atomic E-state index is 11.3. The monoisotopic (exact) mass is 338 g/mol. The van der Waals surface area contributed by atoms with Crippen molar-refractivity contribution >= 4 is 5.97 Å². The van der Waals surface area contributed by atoms with Gasteiger partial charge in [0.05, 0.1) is 6.61 Å². The van der Waals surface area contributed by atoms with E-state index in [1.165, 1.54) is 89.5 Å². The van der Waals surface area contributed by atoms with Crippen LogP contribution in [0.5, 0.6) is 0 Å². The summed E-state index contributed by atoms with van der Waals surface area (Å²) in [6, 6.07) is 0. The van der Waals surface area contributed by atoms with Crippen molar-refractivity contribution in [2.24, 2.45) is 5.92 Å². The lowest BCUT2D eigenvalue weighted by molar-refractivity contribution is -0.139. The van der Waals surface area contributed by atoms with E-state index in [2.05, 4.69) is 13.8 Å². The first-order valence-corrected chi connectivity index (χ1v) is 10.5. The number of carbonyl (C=O) groups is 1. The van der Waals surface area contributed by atoms with Gasteiger partial charge in [0.2, 0.25) is 0 Å². The van der Waals surface area contributed by atoms with Crippen LogP contribution in [-0.4, -0.2) is 12.6 Å². The van der Waals surface area contributed by atoms with Gasteiger partial charge in [-0.3, -0.25) is 0 Å². The molecule has 2 heteroatoms. The molecule has 0 spiro atoms. The van der Waals surface area contributed by atoms with Crippen LogP contribution >= 0.6 is 0 Å². The SMILES string of the molecule is CC=CC(=O)OCC(CC)CCCCCCCCCCCCCC. The second-order valence-electron chi connectivity index (χ2n) is 7.08. The molecule has 0 aromatic heterocycles. The van der Waals surface area contributed by atoms with Crippen molar-refractivity contribution in [2.75, 3.05) is 6.61 Å². The van der Waals surface area contributed by atoms with Gasteiger partial charge >= 0.3 is 5.97 Å². The van der Waals surface area contributed by atoms with E-state index >= 15 is 0 Å². The molecule has 0 bridgehead atoms. The molecule has 0 radical (unpaired) electrons. The third-order valence-corrected chi connectivity index (χ3v) is 4.81. The highest BCUT2D eigenvalue weighted by Crippen LogP contribution is 2.16. The van der Waals surface area contributed by atoms with Gasteiger partial charge in [0.15, 0.2) is 0 Å². The van der Waals surface area contributed by atoms with Crippen molar-refractivity contribution in [1.29, 1.82) is 0 Å². The Hall–Kier alpha value is -0.790. The van der Waals surface area contributed by atoms with Crippen LogP contribution in [0.15, 0.2) is 12.2 Å². The van der Waals surface area contributed by atoms with Crippen molar-refractivity contribution in [1.82, 2.24) is 0 Å². The molecule has 0 fully saturated rings. The average Bonchev–Trinajstić information content (AvgIpc) is 2.58. The fourth-order valence-electron chi connectivity index (χ4n) is 3.06. The molecule has 1 atom stereocenters. The normalized spacial score (nSPS) is 12.6. The van der Waals surface area contributed by atoms with Gasteiger partial charge in [-0.25, -0.2) is 4.79 Å². The van der Waals surface area contributed by atoms with Gasteiger partial charge in [-0.15, -0.1) is 0 Å². The highest BCUT2D eigenvalue weighted by atomic mass is 16.5. The molecule has 142 valence electrons. The lowest BCUT2D eigenvalue weighted by Gasteiger charge is -2.14. The summed E-state index contributed by atoms with van der Waals surface area (Å²) in [7, 11) is 0. The lowest BCUT2D eigenvalue weighted by atomic mass is 9.98. The van der Waals surface area contributed by atoms with Gasteiger partial charge in [-0.05, 0) is 19.3 Å². The molecule has 0 heterocycles. The molecule has 0 N–H and O–H groups in total. The van der Waals surface area contributed by atoms with Gasteiger partial charge in [-0.1, -0.05) is 103 Å². The number of esters is 1. The maximum Gasteiger partial charge on any atom is 0.330 e. The van der Waals surface area contributed by atoms with E-state index < -0.39 is 0 Å². The van der Waals surface area contributed by atoms with Crippen LogP contribution in [0.1, 0.15) is 111 Å². The highest BCUT2D eigenvalue weighted by Gasteiger charge is 2.08. The minimum Gasteiger partial charge on any atom is -0.462 e. The average molecular weight is 339 g/mol. The summed E-state index contributed by atoms with van der Waals surface area (Å²) in [6.45, 7) is 6.89. The highest BCUT2D eigenvalue weighted by molar-refractivity contribution is 5.81. The molecule has 0 amide bonds. The molecule has 1 unspecified atom stereocenters. The zero-order valence-electron chi connectivity index (χ0n) is 16.7. The molecule has 24 heavy (non-hydrogen) atoms. The predicted octanol–water partition coefficient (Wildman–Crippen LogP) is 7.22. The van der Waals surface area contributed by atoms with E-state index in [-0.39, 0.29) is 5.97 Å².